The van der Waals surface area contributed by atoms with Gasteiger partial charge in [-0.2, -0.15) is 0 Å². The third kappa shape index (κ3) is 4.15. The van der Waals surface area contributed by atoms with Crippen molar-refractivity contribution in [2.75, 3.05) is 11.5 Å². The Labute approximate surface area is 178 Å². The van der Waals surface area contributed by atoms with Crippen LogP contribution in [0, 0.1) is 6.92 Å². The van der Waals surface area contributed by atoms with E-state index in [1.165, 1.54) is 16.3 Å². The Hall–Kier alpha value is -2.97. The zero-order valence-electron chi connectivity index (χ0n) is 16.2. The van der Waals surface area contributed by atoms with E-state index >= 15 is 0 Å². The van der Waals surface area contributed by atoms with Crippen molar-refractivity contribution < 1.29 is 8.42 Å². The Morgan fingerprint density at radius 2 is 1.63 bits per heavy atom. The number of sulfone groups is 1. The van der Waals surface area contributed by atoms with Crippen LogP contribution in [0.5, 0.6) is 0 Å². The summed E-state index contributed by atoms with van der Waals surface area (Å²) >= 11 is 1.23. The summed E-state index contributed by atoms with van der Waals surface area (Å²) < 4.78 is 26.6. The SMILES string of the molecule is Cc1cccc(-n2c(SCCS(=O)(=O)c3ccccc3)nc3ccccc3c2=O)n1. The molecule has 6 nitrogen and oxygen atoms in total. The number of fused-ring (bicyclic) bond motifs is 1. The van der Waals surface area contributed by atoms with Crippen molar-refractivity contribution in [2.45, 2.75) is 17.0 Å². The summed E-state index contributed by atoms with van der Waals surface area (Å²) in [6, 6.07) is 20.9. The summed E-state index contributed by atoms with van der Waals surface area (Å²) in [5.41, 5.74) is 1.11. The van der Waals surface area contributed by atoms with Crippen molar-refractivity contribution >= 4 is 32.5 Å². The number of aromatic nitrogens is 3. The normalized spacial score (nSPS) is 11.6. The fourth-order valence-corrected chi connectivity index (χ4v) is 5.72. The lowest BCUT2D eigenvalue weighted by Gasteiger charge is -2.13. The topological polar surface area (TPSA) is 81.9 Å². The molecule has 8 heteroatoms. The average Bonchev–Trinajstić information content (AvgIpc) is 2.74. The second kappa shape index (κ2) is 8.41. The van der Waals surface area contributed by atoms with E-state index in [1.54, 1.807) is 54.6 Å². The van der Waals surface area contributed by atoms with Crippen molar-refractivity contribution in [2.24, 2.45) is 0 Å². The molecule has 0 aliphatic carbocycles. The fraction of sp³-hybridized carbons (Fsp3) is 0.136. The maximum atomic E-state index is 13.2. The third-order valence-electron chi connectivity index (χ3n) is 4.53. The second-order valence-corrected chi connectivity index (χ2v) is 9.84. The van der Waals surface area contributed by atoms with E-state index in [0.717, 1.165) is 5.69 Å². The Balaban J connectivity index is 1.71. The highest BCUT2D eigenvalue weighted by Gasteiger charge is 2.17. The first-order valence-corrected chi connectivity index (χ1v) is 12.0. The molecule has 152 valence electrons. The average molecular weight is 438 g/mol. The van der Waals surface area contributed by atoms with Crippen molar-refractivity contribution in [3.8, 4) is 5.82 Å². The van der Waals surface area contributed by atoms with Gasteiger partial charge in [-0.1, -0.05) is 48.2 Å². The number of para-hydroxylation sites is 1. The number of hydrogen-bond acceptors (Lipinski definition) is 6. The molecule has 0 spiro atoms. The van der Waals surface area contributed by atoms with Gasteiger partial charge < -0.3 is 0 Å². The summed E-state index contributed by atoms with van der Waals surface area (Å²) in [4.78, 5) is 22.6. The lowest BCUT2D eigenvalue weighted by Crippen LogP contribution is -2.23. The molecule has 0 fully saturated rings. The molecule has 0 aliphatic rings. The lowest BCUT2D eigenvalue weighted by atomic mass is 10.2. The zero-order chi connectivity index (χ0) is 21.1. The van der Waals surface area contributed by atoms with Gasteiger partial charge in [-0.15, -0.1) is 0 Å². The summed E-state index contributed by atoms with van der Waals surface area (Å²) in [5.74, 6) is 0.658. The standard InChI is InChI=1S/C22H19N3O3S2/c1-16-8-7-13-20(23-16)25-21(26)18-11-5-6-12-19(18)24-22(25)29-14-15-30(27,28)17-9-3-2-4-10-17/h2-13H,14-15H2,1H3. The Morgan fingerprint density at radius 3 is 2.40 bits per heavy atom. The summed E-state index contributed by atoms with van der Waals surface area (Å²) in [7, 11) is -3.42. The molecular weight excluding hydrogens is 418 g/mol. The van der Waals surface area contributed by atoms with E-state index in [9.17, 15) is 13.2 Å². The van der Waals surface area contributed by atoms with E-state index < -0.39 is 9.84 Å². The molecule has 4 aromatic rings. The van der Waals surface area contributed by atoms with Gasteiger partial charge in [-0.05, 0) is 43.3 Å². The predicted molar refractivity (Wildman–Crippen MR) is 119 cm³/mol. The quantitative estimate of drug-likeness (QED) is 0.338. The summed E-state index contributed by atoms with van der Waals surface area (Å²) in [6.45, 7) is 1.85. The van der Waals surface area contributed by atoms with Crippen LogP contribution in [0.1, 0.15) is 5.69 Å². The molecule has 2 heterocycles. The number of aryl methyl sites for hydroxylation is 1. The molecule has 30 heavy (non-hydrogen) atoms. The molecule has 2 aromatic heterocycles. The highest BCUT2D eigenvalue weighted by Crippen LogP contribution is 2.22. The van der Waals surface area contributed by atoms with Gasteiger partial charge in [0.1, 0.15) is 5.82 Å². The molecule has 0 aliphatic heterocycles. The number of thioether (sulfide) groups is 1. The van der Waals surface area contributed by atoms with Crippen molar-refractivity contribution in [1.82, 2.24) is 14.5 Å². The maximum absolute atomic E-state index is 13.2. The van der Waals surface area contributed by atoms with E-state index in [4.69, 9.17) is 0 Å². The molecule has 0 amide bonds. The van der Waals surface area contributed by atoms with Crippen LogP contribution in [0.15, 0.2) is 87.6 Å². The van der Waals surface area contributed by atoms with Crippen LogP contribution >= 0.6 is 11.8 Å². The van der Waals surface area contributed by atoms with E-state index in [0.29, 0.717) is 21.9 Å². The highest BCUT2D eigenvalue weighted by atomic mass is 32.2. The van der Waals surface area contributed by atoms with Crippen molar-refractivity contribution in [1.29, 1.82) is 0 Å². The van der Waals surface area contributed by atoms with Crippen LogP contribution in [0.4, 0.5) is 0 Å². The molecule has 0 N–H and O–H groups in total. The number of benzene rings is 2. The minimum absolute atomic E-state index is 0.0639. The highest BCUT2D eigenvalue weighted by molar-refractivity contribution is 8.00. The molecule has 0 atom stereocenters. The Morgan fingerprint density at radius 1 is 0.900 bits per heavy atom. The van der Waals surface area contributed by atoms with E-state index in [-0.39, 0.29) is 22.0 Å². The Kier molecular flexibility index (Phi) is 5.69. The fourth-order valence-electron chi connectivity index (χ4n) is 3.05. The van der Waals surface area contributed by atoms with Gasteiger partial charge in [-0.25, -0.2) is 23.0 Å². The van der Waals surface area contributed by atoms with Gasteiger partial charge in [0.2, 0.25) is 0 Å². The van der Waals surface area contributed by atoms with Crippen LogP contribution in [-0.2, 0) is 9.84 Å². The minimum Gasteiger partial charge on any atom is -0.268 e. The van der Waals surface area contributed by atoms with Crippen LogP contribution in [-0.4, -0.2) is 34.5 Å². The van der Waals surface area contributed by atoms with E-state index in [1.807, 2.05) is 25.1 Å². The number of pyridine rings is 1. The molecule has 4 rings (SSSR count). The van der Waals surface area contributed by atoms with E-state index in [2.05, 4.69) is 9.97 Å². The number of hydrogen-bond donors (Lipinski definition) is 0. The van der Waals surface area contributed by atoms with Crippen molar-refractivity contribution in [3.05, 3.63) is 88.8 Å². The lowest BCUT2D eigenvalue weighted by molar-refractivity contribution is 0.597. The van der Waals surface area contributed by atoms with Crippen LogP contribution in [0.2, 0.25) is 0 Å². The molecule has 0 radical (unpaired) electrons. The molecule has 0 bridgehead atoms. The first-order chi connectivity index (χ1) is 14.5. The predicted octanol–water partition coefficient (Wildman–Crippen LogP) is 3.66. The van der Waals surface area contributed by atoms with Crippen LogP contribution in [0.3, 0.4) is 0 Å². The van der Waals surface area contributed by atoms with Crippen molar-refractivity contribution in [3.63, 3.8) is 0 Å². The molecule has 0 unspecified atom stereocenters. The van der Waals surface area contributed by atoms with Gasteiger partial charge in [0.25, 0.3) is 5.56 Å². The van der Waals surface area contributed by atoms with Gasteiger partial charge in [0, 0.05) is 11.4 Å². The van der Waals surface area contributed by atoms with Gasteiger partial charge >= 0.3 is 0 Å². The zero-order valence-corrected chi connectivity index (χ0v) is 17.9. The van der Waals surface area contributed by atoms with Crippen LogP contribution < -0.4 is 5.56 Å². The second-order valence-electron chi connectivity index (χ2n) is 6.67. The van der Waals surface area contributed by atoms with Gasteiger partial charge in [-0.3, -0.25) is 4.79 Å². The smallest absolute Gasteiger partial charge is 0.267 e. The molecule has 0 saturated heterocycles. The monoisotopic (exact) mass is 437 g/mol. The number of rotatable bonds is 6. The van der Waals surface area contributed by atoms with Crippen LogP contribution in [0.25, 0.3) is 16.7 Å². The first kappa shape index (κ1) is 20.3. The largest absolute Gasteiger partial charge is 0.268 e. The van der Waals surface area contributed by atoms with Gasteiger partial charge in [0.15, 0.2) is 15.0 Å². The number of nitrogens with zero attached hydrogens (tertiary/aromatic N) is 3. The van der Waals surface area contributed by atoms with Gasteiger partial charge in [0.05, 0.1) is 21.6 Å². The summed E-state index contributed by atoms with van der Waals surface area (Å²) in [5, 5.41) is 0.905. The Bertz CT molecular complexity index is 1370. The third-order valence-corrected chi connectivity index (χ3v) is 7.46. The maximum Gasteiger partial charge on any atom is 0.267 e. The molecule has 0 saturated carbocycles. The molecular formula is C22H19N3O3S2. The minimum atomic E-state index is -3.42. The summed E-state index contributed by atoms with van der Waals surface area (Å²) in [6.07, 6.45) is 0. The first-order valence-electron chi connectivity index (χ1n) is 9.32. The molecule has 2 aromatic carbocycles.